The highest BCUT2D eigenvalue weighted by molar-refractivity contribution is 6.35. The topological polar surface area (TPSA) is 79.4 Å². The SMILES string of the molecule is COc1ccc(Cl)c2[nH]c(C(=O)O)cc(=O)c12. The van der Waals surface area contributed by atoms with E-state index in [0.717, 1.165) is 6.07 Å². The van der Waals surface area contributed by atoms with Crippen LogP contribution in [0, 0.1) is 0 Å². The molecule has 0 spiro atoms. The van der Waals surface area contributed by atoms with E-state index in [0.29, 0.717) is 5.75 Å². The maximum atomic E-state index is 11.8. The minimum atomic E-state index is -1.22. The molecule has 17 heavy (non-hydrogen) atoms. The maximum Gasteiger partial charge on any atom is 0.352 e. The van der Waals surface area contributed by atoms with E-state index in [1.807, 2.05) is 0 Å². The summed E-state index contributed by atoms with van der Waals surface area (Å²) in [7, 11) is 1.42. The highest BCUT2D eigenvalue weighted by Gasteiger charge is 2.13. The predicted octanol–water partition coefficient (Wildman–Crippen LogP) is 1.89. The van der Waals surface area contributed by atoms with Crippen LogP contribution >= 0.6 is 11.6 Å². The fourth-order valence-electron chi connectivity index (χ4n) is 1.58. The molecule has 6 heteroatoms. The van der Waals surface area contributed by atoms with Gasteiger partial charge in [0.25, 0.3) is 0 Å². The molecule has 0 saturated carbocycles. The number of pyridine rings is 1. The monoisotopic (exact) mass is 253 g/mol. The average molecular weight is 254 g/mol. The highest BCUT2D eigenvalue weighted by Crippen LogP contribution is 2.27. The van der Waals surface area contributed by atoms with Crippen molar-refractivity contribution in [3.05, 3.63) is 39.1 Å². The van der Waals surface area contributed by atoms with Gasteiger partial charge in [0.05, 0.1) is 23.0 Å². The van der Waals surface area contributed by atoms with Crippen molar-refractivity contribution in [1.29, 1.82) is 0 Å². The molecule has 0 saturated heterocycles. The Labute approximate surface area is 101 Å². The second-order valence-electron chi connectivity index (χ2n) is 3.35. The molecule has 5 nitrogen and oxygen atoms in total. The Morgan fingerprint density at radius 2 is 2.18 bits per heavy atom. The van der Waals surface area contributed by atoms with Crippen LogP contribution in [0.5, 0.6) is 5.75 Å². The van der Waals surface area contributed by atoms with Gasteiger partial charge in [0, 0.05) is 6.07 Å². The number of carboxylic acids is 1. The Bertz CT molecular complexity index is 662. The van der Waals surface area contributed by atoms with E-state index in [1.165, 1.54) is 13.2 Å². The van der Waals surface area contributed by atoms with Crippen molar-refractivity contribution in [2.24, 2.45) is 0 Å². The van der Waals surface area contributed by atoms with Crippen LogP contribution < -0.4 is 10.2 Å². The molecular formula is C11H8ClNO4. The maximum absolute atomic E-state index is 11.8. The number of H-pyrrole nitrogens is 1. The third-order valence-electron chi connectivity index (χ3n) is 2.35. The van der Waals surface area contributed by atoms with Crippen molar-refractivity contribution >= 4 is 28.5 Å². The summed E-state index contributed by atoms with van der Waals surface area (Å²) in [5.74, 6) is -0.870. The number of hydrogen-bond donors (Lipinski definition) is 2. The second-order valence-corrected chi connectivity index (χ2v) is 3.76. The number of methoxy groups -OCH3 is 1. The molecule has 0 atom stereocenters. The molecule has 0 amide bonds. The van der Waals surface area contributed by atoms with Gasteiger partial charge in [0.15, 0.2) is 5.43 Å². The Morgan fingerprint density at radius 3 is 2.76 bits per heavy atom. The van der Waals surface area contributed by atoms with E-state index in [-0.39, 0.29) is 21.6 Å². The number of ether oxygens (including phenoxy) is 1. The van der Waals surface area contributed by atoms with Gasteiger partial charge in [-0.1, -0.05) is 11.6 Å². The molecule has 0 aliphatic carbocycles. The summed E-state index contributed by atoms with van der Waals surface area (Å²) in [6, 6.07) is 4.09. The third kappa shape index (κ3) is 1.85. The summed E-state index contributed by atoms with van der Waals surface area (Å²) in [5.41, 5.74) is -0.399. The molecule has 2 N–H and O–H groups in total. The lowest BCUT2D eigenvalue weighted by atomic mass is 10.1. The van der Waals surface area contributed by atoms with Crippen LogP contribution in [0.2, 0.25) is 5.02 Å². The van der Waals surface area contributed by atoms with E-state index in [4.69, 9.17) is 21.4 Å². The number of rotatable bonds is 2. The van der Waals surface area contributed by atoms with Gasteiger partial charge < -0.3 is 14.8 Å². The standard InChI is InChI=1S/C11H8ClNO4/c1-17-8-3-2-5(12)10-9(8)7(14)4-6(13-10)11(15)16/h2-4H,1H3,(H,13,14)(H,15,16). The molecule has 0 aliphatic heterocycles. The Kier molecular flexibility index (Phi) is 2.77. The first-order valence-corrected chi connectivity index (χ1v) is 5.05. The van der Waals surface area contributed by atoms with E-state index >= 15 is 0 Å². The number of aromatic amines is 1. The third-order valence-corrected chi connectivity index (χ3v) is 2.66. The molecule has 88 valence electrons. The van der Waals surface area contributed by atoms with Crippen LogP contribution in [-0.4, -0.2) is 23.2 Å². The number of carboxylic acid groups (broad SMARTS) is 1. The van der Waals surface area contributed by atoms with Crippen LogP contribution in [0.15, 0.2) is 23.0 Å². The van der Waals surface area contributed by atoms with Crippen molar-refractivity contribution in [3.63, 3.8) is 0 Å². The molecule has 0 bridgehead atoms. The molecular weight excluding hydrogens is 246 g/mol. The van der Waals surface area contributed by atoms with E-state index in [2.05, 4.69) is 4.98 Å². The lowest BCUT2D eigenvalue weighted by Crippen LogP contribution is -2.10. The smallest absolute Gasteiger partial charge is 0.352 e. The van der Waals surface area contributed by atoms with Crippen molar-refractivity contribution in [2.75, 3.05) is 7.11 Å². The van der Waals surface area contributed by atoms with Crippen LogP contribution in [0.25, 0.3) is 10.9 Å². The molecule has 1 heterocycles. The number of fused-ring (bicyclic) bond motifs is 1. The van der Waals surface area contributed by atoms with Crippen molar-refractivity contribution in [2.45, 2.75) is 0 Å². The summed E-state index contributed by atoms with van der Waals surface area (Å²) in [6.07, 6.45) is 0. The molecule has 0 aliphatic rings. The fraction of sp³-hybridized carbons (Fsp3) is 0.0909. The van der Waals surface area contributed by atoms with Gasteiger partial charge in [-0.05, 0) is 12.1 Å². The van der Waals surface area contributed by atoms with Gasteiger partial charge in [-0.2, -0.15) is 0 Å². The minimum Gasteiger partial charge on any atom is -0.496 e. The van der Waals surface area contributed by atoms with Gasteiger partial charge >= 0.3 is 5.97 Å². The van der Waals surface area contributed by atoms with Crippen LogP contribution in [0.4, 0.5) is 0 Å². The molecule has 2 aromatic rings. The minimum absolute atomic E-state index is 0.211. The summed E-state index contributed by atoms with van der Waals surface area (Å²) < 4.78 is 5.04. The Morgan fingerprint density at radius 1 is 1.47 bits per heavy atom. The van der Waals surface area contributed by atoms with Crippen LogP contribution in [-0.2, 0) is 0 Å². The fourth-order valence-corrected chi connectivity index (χ4v) is 1.79. The zero-order chi connectivity index (χ0) is 12.6. The number of hydrogen-bond acceptors (Lipinski definition) is 3. The first kappa shape index (κ1) is 11.5. The van der Waals surface area contributed by atoms with E-state index < -0.39 is 11.4 Å². The molecule has 0 radical (unpaired) electrons. The lowest BCUT2D eigenvalue weighted by Gasteiger charge is -2.07. The van der Waals surface area contributed by atoms with Gasteiger partial charge in [0.2, 0.25) is 0 Å². The normalized spacial score (nSPS) is 10.5. The second kappa shape index (κ2) is 4.10. The van der Waals surface area contributed by atoms with Gasteiger partial charge in [-0.25, -0.2) is 4.79 Å². The van der Waals surface area contributed by atoms with Gasteiger partial charge in [-0.15, -0.1) is 0 Å². The van der Waals surface area contributed by atoms with E-state index in [9.17, 15) is 9.59 Å². The van der Waals surface area contributed by atoms with Gasteiger partial charge in [-0.3, -0.25) is 4.79 Å². The largest absolute Gasteiger partial charge is 0.496 e. The quantitative estimate of drug-likeness (QED) is 0.857. The van der Waals surface area contributed by atoms with Crippen LogP contribution in [0.1, 0.15) is 10.5 Å². The van der Waals surface area contributed by atoms with Crippen LogP contribution in [0.3, 0.4) is 0 Å². The molecule has 0 fully saturated rings. The Hall–Kier alpha value is -2.01. The predicted molar refractivity (Wildman–Crippen MR) is 63.1 cm³/mol. The summed E-state index contributed by atoms with van der Waals surface area (Å²) in [4.78, 5) is 25.2. The number of carbonyl (C=O) groups is 1. The number of aromatic nitrogens is 1. The first-order valence-electron chi connectivity index (χ1n) is 4.67. The highest BCUT2D eigenvalue weighted by atomic mass is 35.5. The zero-order valence-corrected chi connectivity index (χ0v) is 9.54. The number of halogens is 1. The van der Waals surface area contributed by atoms with E-state index in [1.54, 1.807) is 6.07 Å². The summed E-state index contributed by atoms with van der Waals surface area (Å²) in [6.45, 7) is 0. The first-order chi connectivity index (χ1) is 8.04. The zero-order valence-electron chi connectivity index (χ0n) is 8.78. The number of aromatic carboxylic acids is 1. The lowest BCUT2D eigenvalue weighted by molar-refractivity contribution is 0.0691. The molecule has 0 unspecified atom stereocenters. The summed E-state index contributed by atoms with van der Waals surface area (Å²) in [5, 5.41) is 9.35. The number of benzene rings is 1. The van der Waals surface area contributed by atoms with Crippen molar-refractivity contribution < 1.29 is 14.6 Å². The van der Waals surface area contributed by atoms with Crippen molar-refractivity contribution in [1.82, 2.24) is 4.98 Å². The molecule has 2 rings (SSSR count). The number of nitrogens with one attached hydrogen (secondary N) is 1. The Balaban J connectivity index is 2.94. The summed E-state index contributed by atoms with van der Waals surface area (Å²) >= 11 is 5.92. The van der Waals surface area contributed by atoms with Crippen molar-refractivity contribution in [3.8, 4) is 5.75 Å². The molecule has 1 aromatic heterocycles. The van der Waals surface area contributed by atoms with Gasteiger partial charge in [0.1, 0.15) is 11.4 Å². The molecule has 1 aromatic carbocycles. The average Bonchev–Trinajstić information content (AvgIpc) is 2.30.